The number of pyridine rings is 1. The van der Waals surface area contributed by atoms with Crippen molar-refractivity contribution in [3.8, 4) is 0 Å². The highest BCUT2D eigenvalue weighted by molar-refractivity contribution is 7.99. The minimum absolute atomic E-state index is 0.0734. The summed E-state index contributed by atoms with van der Waals surface area (Å²) in [6.07, 6.45) is 7.88. The molecule has 2 aliphatic rings. The van der Waals surface area contributed by atoms with Crippen LogP contribution in [0.25, 0.3) is 10.8 Å². The summed E-state index contributed by atoms with van der Waals surface area (Å²) in [5, 5.41) is 22.7. The average molecular weight is 411 g/mol. The van der Waals surface area contributed by atoms with E-state index in [2.05, 4.69) is 31.6 Å². The molecule has 0 radical (unpaired) electrons. The summed E-state index contributed by atoms with van der Waals surface area (Å²) in [5.74, 6) is 1.73. The molecule has 29 heavy (non-hydrogen) atoms. The Morgan fingerprint density at radius 3 is 2.62 bits per heavy atom. The third-order valence-corrected chi connectivity index (χ3v) is 6.81. The molecule has 0 unspecified atom stereocenters. The maximum Gasteiger partial charge on any atom is 0.278 e. The van der Waals surface area contributed by atoms with E-state index in [1.54, 1.807) is 24.5 Å². The molecule has 0 amide bonds. The molecule has 8 nitrogen and oxygen atoms in total. The number of nitro benzene ring substituents is 1. The van der Waals surface area contributed by atoms with Crippen molar-refractivity contribution in [3.63, 3.8) is 0 Å². The number of non-ortho nitro benzene ring substituents is 1. The number of aromatic nitrogens is 4. The Morgan fingerprint density at radius 1 is 1.10 bits per heavy atom. The second-order valence-electron chi connectivity index (χ2n) is 7.92. The first-order chi connectivity index (χ1) is 14.1. The minimum atomic E-state index is -0.361. The lowest BCUT2D eigenvalue weighted by Gasteiger charge is -2.31. The molecular weight excluding hydrogens is 388 g/mol. The zero-order valence-electron chi connectivity index (χ0n) is 16.2. The molecule has 3 heterocycles. The molecule has 1 aliphatic heterocycles. The number of hydrogen-bond donors (Lipinski definition) is 0. The number of fused-ring (bicyclic) bond motifs is 1. The second kappa shape index (κ2) is 7.29. The van der Waals surface area contributed by atoms with E-state index in [0.29, 0.717) is 11.4 Å². The van der Waals surface area contributed by atoms with Gasteiger partial charge in [0.15, 0.2) is 5.16 Å². The number of anilines is 1. The van der Waals surface area contributed by atoms with Crippen LogP contribution >= 0.6 is 11.8 Å². The zero-order chi connectivity index (χ0) is 20.0. The van der Waals surface area contributed by atoms with Gasteiger partial charge in [0.25, 0.3) is 5.69 Å². The van der Waals surface area contributed by atoms with Crippen molar-refractivity contribution < 1.29 is 4.92 Å². The standard InChI is InChI=1S/C20H22N6O2S/c1-13-7-10-24(11-8-13)19-22-23-20(25(19)14-2-3-14)29-18-5-4-17(26(27)28)16-12-21-9-6-15(16)18/h4-6,9,12-14H,2-3,7-8,10-11H2,1H3. The normalized spacial score (nSPS) is 17.8. The molecule has 1 aliphatic carbocycles. The monoisotopic (exact) mass is 410 g/mol. The molecule has 0 N–H and O–H groups in total. The Balaban J connectivity index is 1.52. The molecule has 1 saturated heterocycles. The third-order valence-electron chi connectivity index (χ3n) is 5.78. The number of rotatable bonds is 5. The van der Waals surface area contributed by atoms with E-state index in [9.17, 15) is 10.1 Å². The molecule has 0 spiro atoms. The van der Waals surface area contributed by atoms with E-state index in [1.165, 1.54) is 24.6 Å². The van der Waals surface area contributed by atoms with Crippen LogP contribution in [0, 0.1) is 16.0 Å². The fraction of sp³-hybridized carbons (Fsp3) is 0.450. The number of nitrogens with zero attached hydrogens (tertiary/aromatic N) is 6. The van der Waals surface area contributed by atoms with Crippen molar-refractivity contribution in [3.05, 3.63) is 40.7 Å². The molecule has 0 atom stereocenters. The fourth-order valence-electron chi connectivity index (χ4n) is 3.91. The van der Waals surface area contributed by atoms with Crippen LogP contribution in [-0.2, 0) is 0 Å². The van der Waals surface area contributed by atoms with Crippen molar-refractivity contribution in [2.45, 2.75) is 48.7 Å². The summed E-state index contributed by atoms with van der Waals surface area (Å²) < 4.78 is 2.27. The highest BCUT2D eigenvalue weighted by Crippen LogP contribution is 2.44. The average Bonchev–Trinajstić information content (AvgIpc) is 3.49. The van der Waals surface area contributed by atoms with Crippen LogP contribution < -0.4 is 4.90 Å². The highest BCUT2D eigenvalue weighted by atomic mass is 32.2. The number of nitro groups is 1. The molecule has 3 aromatic rings. The van der Waals surface area contributed by atoms with Gasteiger partial charge in [-0.15, -0.1) is 10.2 Å². The van der Waals surface area contributed by atoms with Crippen LogP contribution in [0.5, 0.6) is 0 Å². The van der Waals surface area contributed by atoms with Gasteiger partial charge < -0.3 is 4.90 Å². The molecule has 1 saturated carbocycles. The number of piperidine rings is 1. The predicted molar refractivity (Wildman–Crippen MR) is 111 cm³/mol. The van der Waals surface area contributed by atoms with Gasteiger partial charge in [0, 0.05) is 47.9 Å². The van der Waals surface area contributed by atoms with Gasteiger partial charge in [0.2, 0.25) is 5.95 Å². The largest absolute Gasteiger partial charge is 0.341 e. The van der Waals surface area contributed by atoms with Gasteiger partial charge in [-0.25, -0.2) is 0 Å². The molecule has 5 rings (SSSR count). The smallest absolute Gasteiger partial charge is 0.278 e. The van der Waals surface area contributed by atoms with Crippen molar-refractivity contribution >= 4 is 34.2 Å². The third kappa shape index (κ3) is 3.43. The van der Waals surface area contributed by atoms with Crippen LogP contribution in [0.2, 0.25) is 0 Å². The maximum atomic E-state index is 11.4. The molecule has 150 valence electrons. The van der Waals surface area contributed by atoms with Crippen LogP contribution in [0.15, 0.2) is 40.6 Å². The molecular formula is C20H22N6O2S. The highest BCUT2D eigenvalue weighted by Gasteiger charge is 2.33. The minimum Gasteiger partial charge on any atom is -0.341 e. The first-order valence-corrected chi connectivity index (χ1v) is 10.8. The van der Waals surface area contributed by atoms with Gasteiger partial charge in [-0.3, -0.25) is 19.7 Å². The summed E-state index contributed by atoms with van der Waals surface area (Å²) in [4.78, 5) is 18.4. The topological polar surface area (TPSA) is 90.0 Å². The van der Waals surface area contributed by atoms with Crippen molar-refractivity contribution in [1.29, 1.82) is 0 Å². The van der Waals surface area contributed by atoms with E-state index in [1.807, 2.05) is 6.07 Å². The first kappa shape index (κ1) is 18.4. The summed E-state index contributed by atoms with van der Waals surface area (Å²) in [5.41, 5.74) is 0.0734. The summed E-state index contributed by atoms with van der Waals surface area (Å²) in [7, 11) is 0. The van der Waals surface area contributed by atoms with Crippen LogP contribution in [0.4, 0.5) is 11.6 Å². The molecule has 2 aromatic heterocycles. The zero-order valence-corrected chi connectivity index (χ0v) is 17.0. The first-order valence-electron chi connectivity index (χ1n) is 10.0. The lowest BCUT2D eigenvalue weighted by atomic mass is 10.00. The van der Waals surface area contributed by atoms with Gasteiger partial charge in [-0.05, 0) is 55.5 Å². The SMILES string of the molecule is CC1CCN(c2nnc(Sc3ccc([N+](=O)[O-])c4cnccc34)n2C2CC2)CC1. The maximum absolute atomic E-state index is 11.4. The Hall–Kier alpha value is -2.68. The van der Waals surface area contributed by atoms with E-state index < -0.39 is 0 Å². The lowest BCUT2D eigenvalue weighted by molar-refractivity contribution is -0.383. The van der Waals surface area contributed by atoms with Crippen LogP contribution in [-0.4, -0.2) is 37.8 Å². The Morgan fingerprint density at radius 2 is 1.90 bits per heavy atom. The van der Waals surface area contributed by atoms with Crippen LogP contribution in [0.3, 0.4) is 0 Å². The summed E-state index contributed by atoms with van der Waals surface area (Å²) in [6.45, 7) is 4.34. The van der Waals surface area contributed by atoms with E-state index in [4.69, 9.17) is 0 Å². The van der Waals surface area contributed by atoms with Crippen molar-refractivity contribution in [2.75, 3.05) is 18.0 Å². The van der Waals surface area contributed by atoms with Crippen molar-refractivity contribution in [1.82, 2.24) is 19.7 Å². The van der Waals surface area contributed by atoms with E-state index in [0.717, 1.165) is 53.2 Å². The predicted octanol–water partition coefficient (Wildman–Crippen LogP) is 4.46. The number of benzene rings is 1. The Kier molecular flexibility index (Phi) is 4.61. The second-order valence-corrected chi connectivity index (χ2v) is 8.93. The van der Waals surface area contributed by atoms with Gasteiger partial charge in [0.1, 0.15) is 0 Å². The molecule has 1 aromatic carbocycles. The quantitative estimate of drug-likeness (QED) is 0.453. The van der Waals surface area contributed by atoms with Gasteiger partial charge in [-0.1, -0.05) is 6.92 Å². The summed E-state index contributed by atoms with van der Waals surface area (Å²) in [6, 6.07) is 5.64. The molecule has 2 fully saturated rings. The van der Waals surface area contributed by atoms with E-state index in [-0.39, 0.29) is 10.6 Å². The van der Waals surface area contributed by atoms with Gasteiger partial charge >= 0.3 is 0 Å². The van der Waals surface area contributed by atoms with E-state index >= 15 is 0 Å². The number of hydrogen-bond acceptors (Lipinski definition) is 7. The summed E-state index contributed by atoms with van der Waals surface area (Å²) >= 11 is 1.53. The Labute approximate surface area is 172 Å². The molecule has 9 heteroatoms. The Bertz CT molecular complexity index is 1070. The van der Waals surface area contributed by atoms with Gasteiger partial charge in [-0.2, -0.15) is 0 Å². The molecule has 0 bridgehead atoms. The van der Waals surface area contributed by atoms with Gasteiger partial charge in [0.05, 0.1) is 10.3 Å². The fourth-order valence-corrected chi connectivity index (χ4v) is 4.94. The van der Waals surface area contributed by atoms with Crippen molar-refractivity contribution in [2.24, 2.45) is 5.92 Å². The lowest BCUT2D eigenvalue weighted by Crippen LogP contribution is -2.34. The van der Waals surface area contributed by atoms with Crippen LogP contribution in [0.1, 0.15) is 38.6 Å².